The van der Waals surface area contributed by atoms with Crippen molar-refractivity contribution in [3.8, 4) is 5.75 Å². The number of nitrogens with one attached hydrogen (secondary N) is 2. The summed E-state index contributed by atoms with van der Waals surface area (Å²) in [5.41, 5.74) is 1.15. The van der Waals surface area contributed by atoms with Crippen LogP contribution in [0.3, 0.4) is 0 Å². The predicted octanol–water partition coefficient (Wildman–Crippen LogP) is 3.07. The molecule has 2 aromatic rings. The van der Waals surface area contributed by atoms with Crippen molar-refractivity contribution in [1.29, 1.82) is 0 Å². The van der Waals surface area contributed by atoms with Crippen LogP contribution in [0.4, 0.5) is 10.1 Å². The maximum Gasteiger partial charge on any atom is 0.261 e. The Kier molecular flexibility index (Phi) is 6.69. The van der Waals surface area contributed by atoms with Crippen LogP contribution >= 0.6 is 0 Å². The summed E-state index contributed by atoms with van der Waals surface area (Å²) in [5, 5.41) is 13.0. The third kappa shape index (κ3) is 5.14. The number of carbonyl (C=O) groups is 1. The Labute approximate surface area is 203 Å². The van der Waals surface area contributed by atoms with Crippen molar-refractivity contribution in [2.45, 2.75) is 73.7 Å². The third-order valence-corrected chi connectivity index (χ3v) is 8.41. The minimum Gasteiger partial charge on any atom is -0.487 e. The van der Waals surface area contributed by atoms with Crippen LogP contribution in [0.1, 0.15) is 50.0 Å². The molecule has 0 aromatic heterocycles. The van der Waals surface area contributed by atoms with E-state index in [1.807, 2.05) is 0 Å². The van der Waals surface area contributed by atoms with Crippen molar-refractivity contribution < 1.29 is 32.2 Å². The summed E-state index contributed by atoms with van der Waals surface area (Å²) in [4.78, 5) is 12.5. The number of hydrogen-bond acceptors (Lipinski definition) is 6. The second kappa shape index (κ2) is 9.75. The summed E-state index contributed by atoms with van der Waals surface area (Å²) < 4.78 is 53.3. The smallest absolute Gasteiger partial charge is 0.261 e. The highest BCUT2D eigenvalue weighted by Crippen LogP contribution is 2.47. The fraction of sp³-hybridized carbons (Fsp3) is 0.480. The summed E-state index contributed by atoms with van der Waals surface area (Å²) >= 11 is 0. The minimum atomic E-state index is -3.91. The molecule has 2 aromatic carbocycles. The Morgan fingerprint density at radius 1 is 1.11 bits per heavy atom. The molecule has 1 saturated carbocycles. The fourth-order valence-corrected chi connectivity index (χ4v) is 6.39. The van der Waals surface area contributed by atoms with Crippen molar-refractivity contribution in [1.82, 2.24) is 5.32 Å². The second-order valence-corrected chi connectivity index (χ2v) is 11.2. The van der Waals surface area contributed by atoms with E-state index in [1.165, 1.54) is 12.1 Å². The van der Waals surface area contributed by atoms with Gasteiger partial charge in [0.2, 0.25) is 5.91 Å². The summed E-state index contributed by atoms with van der Waals surface area (Å²) in [6, 6.07) is 9.82. The number of carbonyl (C=O) groups excluding carboxylic acids is 1. The lowest BCUT2D eigenvalue weighted by Gasteiger charge is -2.37. The van der Waals surface area contributed by atoms with Gasteiger partial charge in [0.15, 0.2) is 0 Å². The topological polar surface area (TPSA) is 114 Å². The van der Waals surface area contributed by atoms with Crippen molar-refractivity contribution in [3.05, 3.63) is 53.8 Å². The molecule has 35 heavy (non-hydrogen) atoms. The highest BCUT2D eigenvalue weighted by molar-refractivity contribution is 7.92. The van der Waals surface area contributed by atoms with Gasteiger partial charge in [-0.2, -0.15) is 0 Å². The van der Waals surface area contributed by atoms with Gasteiger partial charge in [-0.15, -0.1) is 0 Å². The SMILES string of the molecule is O=C(C[C@@H]1C[C@@H]2c3cc(NS(=O)(=O)c4ccc(F)cc4)ccc3O[C@@H]2[C@H](CO)O1)NC1CCCC1. The average molecular weight is 505 g/mol. The van der Waals surface area contributed by atoms with E-state index in [-0.39, 0.29) is 41.9 Å². The zero-order valence-electron chi connectivity index (χ0n) is 19.2. The highest BCUT2D eigenvalue weighted by atomic mass is 32.2. The molecule has 0 bridgehead atoms. The molecule has 2 aliphatic heterocycles. The van der Waals surface area contributed by atoms with Crippen LogP contribution in [0.15, 0.2) is 47.4 Å². The number of sulfonamides is 1. The van der Waals surface area contributed by atoms with E-state index >= 15 is 0 Å². The molecule has 3 aliphatic rings. The van der Waals surface area contributed by atoms with Gasteiger partial charge in [0.25, 0.3) is 10.0 Å². The Hall–Kier alpha value is -2.69. The van der Waals surface area contributed by atoms with Gasteiger partial charge in [0.1, 0.15) is 23.8 Å². The number of ether oxygens (including phenoxy) is 2. The molecule has 2 heterocycles. The van der Waals surface area contributed by atoms with Gasteiger partial charge in [0.05, 0.1) is 24.0 Å². The normalized spacial score (nSPS) is 26.0. The van der Waals surface area contributed by atoms with Gasteiger partial charge in [-0.3, -0.25) is 9.52 Å². The van der Waals surface area contributed by atoms with Crippen molar-refractivity contribution in [2.75, 3.05) is 11.3 Å². The number of fused-ring (bicyclic) bond motifs is 3. The van der Waals surface area contributed by atoms with Crippen LogP contribution < -0.4 is 14.8 Å². The van der Waals surface area contributed by atoms with E-state index in [1.54, 1.807) is 18.2 Å². The molecule has 0 unspecified atom stereocenters. The first kappa shape index (κ1) is 24.0. The lowest BCUT2D eigenvalue weighted by molar-refractivity contribution is -0.142. The van der Waals surface area contributed by atoms with Gasteiger partial charge in [-0.05, 0) is 61.7 Å². The van der Waals surface area contributed by atoms with E-state index in [2.05, 4.69) is 10.0 Å². The Balaban J connectivity index is 1.32. The number of aliphatic hydroxyl groups excluding tert-OH is 1. The van der Waals surface area contributed by atoms with Crippen LogP contribution in [-0.2, 0) is 19.6 Å². The maximum atomic E-state index is 13.2. The Morgan fingerprint density at radius 3 is 2.57 bits per heavy atom. The molecular formula is C25H29FN2O6S. The van der Waals surface area contributed by atoms with Gasteiger partial charge in [-0.1, -0.05) is 12.8 Å². The van der Waals surface area contributed by atoms with Crippen molar-refractivity contribution in [2.24, 2.45) is 0 Å². The molecule has 0 radical (unpaired) electrons. The summed E-state index contributed by atoms with van der Waals surface area (Å²) in [6.07, 6.45) is 3.56. The van der Waals surface area contributed by atoms with Crippen LogP contribution in [0, 0.1) is 5.82 Å². The summed E-state index contributed by atoms with van der Waals surface area (Å²) in [5.74, 6) is -0.135. The predicted molar refractivity (Wildman–Crippen MR) is 126 cm³/mol. The van der Waals surface area contributed by atoms with Crippen LogP contribution in [-0.4, -0.2) is 50.4 Å². The van der Waals surface area contributed by atoms with E-state index in [4.69, 9.17) is 9.47 Å². The van der Waals surface area contributed by atoms with Gasteiger partial charge in [-0.25, -0.2) is 12.8 Å². The summed E-state index contributed by atoms with van der Waals surface area (Å²) in [6.45, 7) is -0.250. The van der Waals surface area contributed by atoms with E-state index < -0.39 is 28.0 Å². The largest absolute Gasteiger partial charge is 0.487 e. The van der Waals surface area contributed by atoms with E-state index in [9.17, 15) is 22.7 Å². The highest BCUT2D eigenvalue weighted by Gasteiger charge is 2.46. The first-order valence-corrected chi connectivity index (χ1v) is 13.5. The number of amides is 1. The second-order valence-electron chi connectivity index (χ2n) is 9.47. The molecule has 2 fully saturated rings. The molecule has 1 aliphatic carbocycles. The minimum absolute atomic E-state index is 0.0479. The number of benzene rings is 2. The molecule has 1 saturated heterocycles. The standard InChI is InChI=1S/C25H29FN2O6S/c26-15-5-8-19(9-6-15)35(31,32)28-17-7-10-22-20(11-17)21-12-18(33-23(14-29)25(21)34-22)13-24(30)27-16-3-1-2-4-16/h5-11,16,18,21,23,25,28-29H,1-4,12-14H2,(H,27,30)/t18-,21+,23-,25-/m0/s1. The van der Waals surface area contributed by atoms with E-state index in [0.717, 1.165) is 43.4 Å². The number of anilines is 1. The number of aliphatic hydroxyl groups is 1. The Bertz CT molecular complexity index is 1180. The molecule has 3 N–H and O–H groups in total. The summed E-state index contributed by atoms with van der Waals surface area (Å²) in [7, 11) is -3.91. The average Bonchev–Trinajstić information content (AvgIpc) is 3.46. The molecule has 4 atom stereocenters. The first-order valence-electron chi connectivity index (χ1n) is 12.0. The fourth-order valence-electron chi connectivity index (χ4n) is 5.34. The first-order chi connectivity index (χ1) is 16.8. The molecule has 10 heteroatoms. The van der Waals surface area contributed by atoms with Gasteiger partial charge >= 0.3 is 0 Å². The monoisotopic (exact) mass is 504 g/mol. The molecular weight excluding hydrogens is 475 g/mol. The van der Waals surface area contributed by atoms with Crippen molar-refractivity contribution in [3.63, 3.8) is 0 Å². The number of halogens is 1. The number of rotatable bonds is 7. The zero-order valence-corrected chi connectivity index (χ0v) is 20.0. The van der Waals surface area contributed by atoms with Crippen LogP contribution in [0.5, 0.6) is 5.75 Å². The molecule has 8 nitrogen and oxygen atoms in total. The quantitative estimate of drug-likeness (QED) is 0.534. The van der Waals surface area contributed by atoms with Gasteiger partial charge < -0.3 is 19.9 Å². The molecule has 0 spiro atoms. The molecule has 1 amide bonds. The molecule has 5 rings (SSSR count). The third-order valence-electron chi connectivity index (χ3n) is 7.01. The lowest BCUT2D eigenvalue weighted by Crippen LogP contribution is -2.47. The Morgan fingerprint density at radius 2 is 1.86 bits per heavy atom. The van der Waals surface area contributed by atoms with Crippen molar-refractivity contribution >= 4 is 21.6 Å². The molecule has 188 valence electrons. The maximum absolute atomic E-state index is 13.2. The van der Waals surface area contributed by atoms with Crippen LogP contribution in [0.25, 0.3) is 0 Å². The lowest BCUT2D eigenvalue weighted by atomic mass is 9.84. The van der Waals surface area contributed by atoms with E-state index in [0.29, 0.717) is 17.9 Å². The number of hydrogen-bond donors (Lipinski definition) is 3. The zero-order chi connectivity index (χ0) is 24.6. The van der Waals surface area contributed by atoms with Crippen LogP contribution in [0.2, 0.25) is 0 Å². The van der Waals surface area contributed by atoms with Gasteiger partial charge in [0, 0.05) is 23.2 Å².